The van der Waals surface area contributed by atoms with Crippen LogP contribution >= 0.6 is 0 Å². The number of carboxylic acids is 1. The fourth-order valence-corrected chi connectivity index (χ4v) is 4.34. The Balaban J connectivity index is 1.82. The van der Waals surface area contributed by atoms with Crippen LogP contribution in [0.25, 0.3) is 0 Å². The first-order valence-corrected chi connectivity index (χ1v) is 11.6. The first-order valence-electron chi connectivity index (χ1n) is 9.92. The lowest BCUT2D eigenvalue weighted by molar-refractivity contribution is -0.119. The molecule has 0 saturated carbocycles. The number of primary amides is 1. The number of hydrogen-bond acceptors (Lipinski definition) is 8. The number of anilines is 3. The van der Waals surface area contributed by atoms with Crippen LogP contribution in [0.2, 0.25) is 0 Å². The number of carbonyl (C=O) groups excluding carboxylic acids is 1. The number of pyridine rings is 1. The number of nitrogens with two attached hydrogens (primary N) is 1. The molecule has 0 radical (unpaired) electrons. The Bertz CT molecular complexity index is 1290. The van der Waals surface area contributed by atoms with Gasteiger partial charge in [-0.15, -0.1) is 0 Å². The fraction of sp³-hybridized carbons (Fsp3) is 0.190. The molecule has 1 aliphatic heterocycles. The normalized spacial score (nSPS) is 16.0. The SMILES string of the molecule is CCS(=O)(=O)Nc1ccc(C(C(N)=O)N2c3c(C(=O)O)ccnc3NC2c2ccco2)cc1. The van der Waals surface area contributed by atoms with E-state index in [2.05, 4.69) is 15.0 Å². The molecule has 0 fully saturated rings. The summed E-state index contributed by atoms with van der Waals surface area (Å²) >= 11 is 0. The number of nitrogens with zero attached hydrogens (tertiary/aromatic N) is 2. The summed E-state index contributed by atoms with van der Waals surface area (Å²) in [6.07, 6.45) is 2.04. The largest absolute Gasteiger partial charge is 0.478 e. The molecular formula is C21H21N5O6S. The van der Waals surface area contributed by atoms with Crippen molar-refractivity contribution in [1.82, 2.24) is 4.98 Å². The third-order valence-corrected chi connectivity index (χ3v) is 6.51. The molecule has 0 saturated heterocycles. The molecule has 3 aromatic rings. The van der Waals surface area contributed by atoms with Gasteiger partial charge in [-0.05, 0) is 42.8 Å². The van der Waals surface area contributed by atoms with Crippen molar-refractivity contribution < 1.29 is 27.5 Å². The number of carboxylic acid groups (broad SMARTS) is 1. The van der Waals surface area contributed by atoms with Gasteiger partial charge in [0.25, 0.3) is 0 Å². The summed E-state index contributed by atoms with van der Waals surface area (Å²) in [6.45, 7) is 1.51. The molecule has 172 valence electrons. The molecule has 33 heavy (non-hydrogen) atoms. The van der Waals surface area contributed by atoms with Crippen molar-refractivity contribution in [2.24, 2.45) is 5.73 Å². The standard InChI is InChI=1S/C21H21N5O6S/c1-2-33(30,31)25-13-7-5-12(6-8-13)16(18(22)27)26-17-14(21(28)29)9-10-23-19(17)24-20(26)15-4-3-11-32-15/h3-11,16,20,25H,2H2,1H3,(H2,22,27)(H,23,24)(H,28,29). The number of aromatic nitrogens is 1. The maximum absolute atomic E-state index is 12.7. The first kappa shape index (κ1) is 22.1. The first-order chi connectivity index (χ1) is 15.7. The minimum atomic E-state index is -3.48. The Labute approximate surface area is 189 Å². The van der Waals surface area contributed by atoms with Crippen LogP contribution in [0, 0.1) is 0 Å². The van der Waals surface area contributed by atoms with Crippen LogP contribution in [-0.2, 0) is 14.8 Å². The van der Waals surface area contributed by atoms with E-state index >= 15 is 0 Å². The number of furan rings is 1. The number of aromatic carboxylic acids is 1. The van der Waals surface area contributed by atoms with Gasteiger partial charge in [0.05, 0.1) is 23.3 Å². The van der Waals surface area contributed by atoms with Crippen molar-refractivity contribution in [2.75, 3.05) is 20.7 Å². The lowest BCUT2D eigenvalue weighted by atomic mass is 10.0. The van der Waals surface area contributed by atoms with Gasteiger partial charge in [-0.25, -0.2) is 18.2 Å². The van der Waals surface area contributed by atoms with Gasteiger partial charge >= 0.3 is 5.97 Å². The molecule has 2 aromatic heterocycles. The van der Waals surface area contributed by atoms with Crippen molar-refractivity contribution in [2.45, 2.75) is 19.1 Å². The molecule has 0 aliphatic carbocycles. The summed E-state index contributed by atoms with van der Waals surface area (Å²) in [6, 6.07) is 9.68. The number of amides is 1. The zero-order valence-electron chi connectivity index (χ0n) is 17.4. The maximum atomic E-state index is 12.7. The van der Waals surface area contributed by atoms with Gasteiger partial charge < -0.3 is 25.5 Å². The number of carbonyl (C=O) groups is 2. The Morgan fingerprint density at radius 2 is 2.00 bits per heavy atom. The second kappa shape index (κ2) is 8.47. The van der Waals surface area contributed by atoms with E-state index in [1.165, 1.54) is 42.5 Å². The fourth-order valence-electron chi connectivity index (χ4n) is 3.70. The third kappa shape index (κ3) is 4.20. The van der Waals surface area contributed by atoms with Gasteiger partial charge in [-0.3, -0.25) is 9.52 Å². The highest BCUT2D eigenvalue weighted by Crippen LogP contribution is 2.47. The van der Waals surface area contributed by atoms with Gasteiger partial charge in [-0.2, -0.15) is 0 Å². The van der Waals surface area contributed by atoms with Crippen molar-refractivity contribution in [3.63, 3.8) is 0 Å². The molecule has 0 spiro atoms. The monoisotopic (exact) mass is 471 g/mol. The van der Waals surface area contributed by atoms with Gasteiger partial charge in [-0.1, -0.05) is 12.1 Å². The molecule has 12 heteroatoms. The third-order valence-electron chi connectivity index (χ3n) is 5.20. The lowest BCUT2D eigenvalue weighted by Crippen LogP contribution is -2.40. The zero-order valence-corrected chi connectivity index (χ0v) is 18.2. The lowest BCUT2D eigenvalue weighted by Gasteiger charge is -2.32. The van der Waals surface area contributed by atoms with Crippen LogP contribution < -0.4 is 20.7 Å². The Hall–Kier alpha value is -4.06. The second-order valence-corrected chi connectivity index (χ2v) is 9.27. The number of benzene rings is 1. The summed E-state index contributed by atoms with van der Waals surface area (Å²) in [4.78, 5) is 30.4. The van der Waals surface area contributed by atoms with Crippen molar-refractivity contribution in [3.05, 3.63) is 71.8 Å². The summed E-state index contributed by atoms with van der Waals surface area (Å²) in [5, 5.41) is 12.9. The molecule has 11 nitrogen and oxygen atoms in total. The van der Waals surface area contributed by atoms with E-state index in [4.69, 9.17) is 10.2 Å². The summed E-state index contributed by atoms with van der Waals surface area (Å²) in [7, 11) is -3.48. The van der Waals surface area contributed by atoms with Crippen LogP contribution in [0.15, 0.2) is 59.3 Å². The maximum Gasteiger partial charge on any atom is 0.338 e. The average molecular weight is 471 g/mol. The van der Waals surface area contributed by atoms with Crippen LogP contribution in [-0.4, -0.2) is 36.1 Å². The smallest absolute Gasteiger partial charge is 0.338 e. The highest BCUT2D eigenvalue weighted by molar-refractivity contribution is 7.92. The van der Waals surface area contributed by atoms with E-state index in [1.54, 1.807) is 24.3 Å². The molecule has 3 heterocycles. The highest BCUT2D eigenvalue weighted by Gasteiger charge is 2.42. The van der Waals surface area contributed by atoms with E-state index in [9.17, 15) is 23.1 Å². The Kier molecular flexibility index (Phi) is 5.68. The number of rotatable bonds is 8. The van der Waals surface area contributed by atoms with E-state index in [-0.39, 0.29) is 22.8 Å². The molecule has 5 N–H and O–H groups in total. The molecule has 1 aliphatic rings. The van der Waals surface area contributed by atoms with Crippen LogP contribution in [0.1, 0.15) is 40.8 Å². The van der Waals surface area contributed by atoms with Crippen molar-refractivity contribution in [3.8, 4) is 0 Å². The number of sulfonamides is 1. The van der Waals surface area contributed by atoms with Crippen LogP contribution in [0.4, 0.5) is 17.2 Å². The van der Waals surface area contributed by atoms with E-state index < -0.39 is 34.1 Å². The molecule has 2 unspecified atom stereocenters. The predicted molar refractivity (Wildman–Crippen MR) is 120 cm³/mol. The summed E-state index contributed by atoms with van der Waals surface area (Å²) in [5.41, 5.74) is 6.65. The van der Waals surface area contributed by atoms with Crippen LogP contribution in [0.3, 0.4) is 0 Å². The molecule has 4 rings (SSSR count). The Morgan fingerprint density at radius 1 is 1.27 bits per heavy atom. The minimum Gasteiger partial charge on any atom is -0.478 e. The van der Waals surface area contributed by atoms with Gasteiger partial charge in [0.2, 0.25) is 15.9 Å². The second-order valence-electron chi connectivity index (χ2n) is 7.26. The average Bonchev–Trinajstić information content (AvgIpc) is 3.43. The number of hydrogen-bond donors (Lipinski definition) is 4. The van der Waals surface area contributed by atoms with Gasteiger partial charge in [0.15, 0.2) is 12.0 Å². The minimum absolute atomic E-state index is 0.0693. The van der Waals surface area contributed by atoms with Crippen molar-refractivity contribution >= 4 is 39.1 Å². The molecule has 1 aromatic carbocycles. The highest BCUT2D eigenvalue weighted by atomic mass is 32.2. The van der Waals surface area contributed by atoms with Crippen molar-refractivity contribution in [1.29, 1.82) is 0 Å². The van der Waals surface area contributed by atoms with Crippen LogP contribution in [0.5, 0.6) is 0 Å². The van der Waals surface area contributed by atoms with E-state index in [0.29, 0.717) is 17.0 Å². The molecule has 2 atom stereocenters. The topological polar surface area (TPSA) is 168 Å². The molecule has 1 amide bonds. The quantitative estimate of drug-likeness (QED) is 0.385. The zero-order chi connectivity index (χ0) is 23.8. The van der Waals surface area contributed by atoms with E-state index in [0.717, 1.165) is 0 Å². The summed E-state index contributed by atoms with van der Waals surface area (Å²) in [5.74, 6) is -1.36. The predicted octanol–water partition coefficient (Wildman–Crippen LogP) is 2.29. The molecule has 0 bridgehead atoms. The Morgan fingerprint density at radius 3 is 2.58 bits per heavy atom. The van der Waals surface area contributed by atoms with E-state index in [1.807, 2.05) is 0 Å². The number of nitrogens with one attached hydrogen (secondary N) is 2. The molecular weight excluding hydrogens is 450 g/mol. The number of fused-ring (bicyclic) bond motifs is 1. The summed E-state index contributed by atoms with van der Waals surface area (Å²) < 4.78 is 31.6. The van der Waals surface area contributed by atoms with Gasteiger partial charge in [0, 0.05) is 11.9 Å². The van der Waals surface area contributed by atoms with Gasteiger partial charge in [0.1, 0.15) is 11.8 Å².